The Morgan fingerprint density at radius 3 is 2.45 bits per heavy atom. The van der Waals surface area contributed by atoms with Crippen molar-refractivity contribution in [2.45, 2.75) is 52.2 Å². The number of nitrogens with zero attached hydrogens (tertiary/aromatic N) is 2. The van der Waals surface area contributed by atoms with Crippen LogP contribution in [0.3, 0.4) is 0 Å². The molecule has 0 bridgehead atoms. The van der Waals surface area contributed by atoms with Crippen molar-refractivity contribution in [2.75, 3.05) is 18.4 Å². The topological polar surface area (TPSA) is 66.4 Å². The first kappa shape index (κ1) is 23.3. The average molecular weight is 467 g/mol. The van der Waals surface area contributed by atoms with Crippen LogP contribution in [0, 0.1) is 6.92 Å². The standard InChI is InChI=1S/C26H31ClN4O2/c1-17(2)30-13-11-22(12-14-30)29-26(33)23-15-19-6-4-5-18(3)25(19)31(23)16-24(32)28-21-9-7-20(27)8-10-21/h4-10,15,17,22H,11-14,16H2,1-3H3,(H,28,32)(H,29,33). The van der Waals surface area contributed by atoms with E-state index in [4.69, 9.17) is 11.6 Å². The lowest BCUT2D eigenvalue weighted by Gasteiger charge is -2.34. The number of halogens is 1. The molecule has 1 fully saturated rings. The lowest BCUT2D eigenvalue weighted by atomic mass is 10.0. The van der Waals surface area contributed by atoms with Gasteiger partial charge in [0.25, 0.3) is 5.91 Å². The predicted molar refractivity (Wildman–Crippen MR) is 134 cm³/mol. The highest BCUT2D eigenvalue weighted by atomic mass is 35.5. The Morgan fingerprint density at radius 2 is 1.79 bits per heavy atom. The summed E-state index contributed by atoms with van der Waals surface area (Å²) in [4.78, 5) is 28.6. The monoisotopic (exact) mass is 466 g/mol. The van der Waals surface area contributed by atoms with Gasteiger partial charge in [-0.2, -0.15) is 0 Å². The first-order chi connectivity index (χ1) is 15.8. The number of carbonyl (C=O) groups excluding carboxylic acids is 2. The third kappa shape index (κ3) is 5.40. The lowest BCUT2D eigenvalue weighted by Crippen LogP contribution is -2.47. The third-order valence-corrected chi connectivity index (χ3v) is 6.63. The number of carbonyl (C=O) groups is 2. The summed E-state index contributed by atoms with van der Waals surface area (Å²) in [6.45, 7) is 8.41. The number of hydrogen-bond donors (Lipinski definition) is 2. The van der Waals surface area contributed by atoms with Gasteiger partial charge in [0.05, 0.1) is 5.52 Å². The number of fused-ring (bicyclic) bond motifs is 1. The van der Waals surface area contributed by atoms with Gasteiger partial charge in [-0.25, -0.2) is 0 Å². The Hall–Kier alpha value is -2.83. The molecule has 33 heavy (non-hydrogen) atoms. The number of piperidine rings is 1. The fourth-order valence-electron chi connectivity index (χ4n) is 4.56. The molecule has 2 heterocycles. The molecule has 0 spiro atoms. The largest absolute Gasteiger partial charge is 0.348 e. The van der Waals surface area contributed by atoms with Gasteiger partial charge < -0.3 is 20.1 Å². The second-order valence-corrected chi connectivity index (χ2v) is 9.50. The van der Waals surface area contributed by atoms with Crippen molar-refractivity contribution in [3.05, 3.63) is 64.8 Å². The van der Waals surface area contributed by atoms with Crippen LogP contribution in [0.25, 0.3) is 10.9 Å². The van der Waals surface area contributed by atoms with Gasteiger partial charge in [0, 0.05) is 41.3 Å². The van der Waals surface area contributed by atoms with Crippen LogP contribution < -0.4 is 10.6 Å². The number of aryl methyl sites for hydroxylation is 1. The normalized spacial score (nSPS) is 15.2. The molecular formula is C26H31ClN4O2. The van der Waals surface area contributed by atoms with Gasteiger partial charge in [-0.15, -0.1) is 0 Å². The van der Waals surface area contributed by atoms with Crippen LogP contribution in [0.5, 0.6) is 0 Å². The summed E-state index contributed by atoms with van der Waals surface area (Å²) in [6.07, 6.45) is 1.86. The summed E-state index contributed by atoms with van der Waals surface area (Å²) in [7, 11) is 0. The number of anilines is 1. The second kappa shape index (κ2) is 9.98. The van der Waals surface area contributed by atoms with E-state index in [-0.39, 0.29) is 24.4 Å². The zero-order valence-corrected chi connectivity index (χ0v) is 20.2. The number of para-hydroxylation sites is 1. The Kier molecular flexibility index (Phi) is 7.05. The first-order valence-corrected chi connectivity index (χ1v) is 11.9. The van der Waals surface area contributed by atoms with Crippen LogP contribution in [-0.2, 0) is 11.3 Å². The highest BCUT2D eigenvalue weighted by Gasteiger charge is 2.25. The van der Waals surface area contributed by atoms with E-state index >= 15 is 0 Å². The summed E-state index contributed by atoms with van der Waals surface area (Å²) < 4.78 is 1.83. The van der Waals surface area contributed by atoms with E-state index < -0.39 is 0 Å². The minimum absolute atomic E-state index is 0.0471. The van der Waals surface area contributed by atoms with Crippen molar-refractivity contribution in [1.29, 1.82) is 0 Å². The molecule has 4 rings (SSSR count). The number of hydrogen-bond acceptors (Lipinski definition) is 3. The Morgan fingerprint density at radius 1 is 1.09 bits per heavy atom. The zero-order valence-electron chi connectivity index (χ0n) is 19.4. The maximum absolute atomic E-state index is 13.3. The highest BCUT2D eigenvalue weighted by Crippen LogP contribution is 2.24. The van der Waals surface area contributed by atoms with E-state index in [9.17, 15) is 9.59 Å². The molecule has 3 aromatic rings. The molecule has 6 nitrogen and oxygen atoms in total. The number of rotatable bonds is 6. The average Bonchev–Trinajstić information content (AvgIpc) is 3.15. The molecular weight excluding hydrogens is 436 g/mol. The van der Waals surface area contributed by atoms with Crippen molar-refractivity contribution in [3.63, 3.8) is 0 Å². The van der Waals surface area contributed by atoms with E-state index in [2.05, 4.69) is 29.4 Å². The zero-order chi connectivity index (χ0) is 23.5. The molecule has 2 amide bonds. The molecule has 7 heteroatoms. The smallest absolute Gasteiger partial charge is 0.268 e. The maximum Gasteiger partial charge on any atom is 0.268 e. The van der Waals surface area contributed by atoms with Crippen molar-refractivity contribution in [1.82, 2.24) is 14.8 Å². The lowest BCUT2D eigenvalue weighted by molar-refractivity contribution is -0.116. The number of benzene rings is 2. The molecule has 0 saturated carbocycles. The predicted octanol–water partition coefficient (Wildman–Crippen LogP) is 4.84. The summed E-state index contributed by atoms with van der Waals surface area (Å²) in [5.74, 6) is -0.328. The fraction of sp³-hybridized carbons (Fsp3) is 0.385. The summed E-state index contributed by atoms with van der Waals surface area (Å²) in [6, 6.07) is 15.5. The SMILES string of the molecule is Cc1cccc2cc(C(=O)NC3CCN(C(C)C)CC3)n(CC(=O)Nc3ccc(Cl)cc3)c12. The van der Waals surface area contributed by atoms with E-state index in [0.717, 1.165) is 42.4 Å². The number of likely N-dealkylation sites (tertiary alicyclic amines) is 1. The van der Waals surface area contributed by atoms with E-state index in [1.165, 1.54) is 0 Å². The van der Waals surface area contributed by atoms with Crippen LogP contribution in [0.1, 0.15) is 42.7 Å². The molecule has 1 aliphatic rings. The number of amides is 2. The van der Waals surface area contributed by atoms with E-state index in [1.807, 2.05) is 35.8 Å². The van der Waals surface area contributed by atoms with Crippen LogP contribution in [0.2, 0.25) is 5.02 Å². The molecule has 0 radical (unpaired) electrons. The Balaban J connectivity index is 1.54. The van der Waals surface area contributed by atoms with Crippen LogP contribution in [0.15, 0.2) is 48.5 Å². The molecule has 0 aliphatic carbocycles. The van der Waals surface area contributed by atoms with Crippen molar-refractivity contribution < 1.29 is 9.59 Å². The molecule has 174 valence electrons. The van der Waals surface area contributed by atoms with E-state index in [0.29, 0.717) is 22.4 Å². The molecule has 2 N–H and O–H groups in total. The minimum Gasteiger partial charge on any atom is -0.348 e. The molecule has 0 atom stereocenters. The van der Waals surface area contributed by atoms with Crippen LogP contribution in [-0.4, -0.2) is 46.5 Å². The molecule has 2 aromatic carbocycles. The molecule has 1 aromatic heterocycles. The molecule has 0 unspecified atom stereocenters. The summed E-state index contributed by atoms with van der Waals surface area (Å²) >= 11 is 5.94. The first-order valence-electron chi connectivity index (χ1n) is 11.5. The van der Waals surface area contributed by atoms with Crippen LogP contribution >= 0.6 is 11.6 Å². The van der Waals surface area contributed by atoms with E-state index in [1.54, 1.807) is 24.3 Å². The molecule has 1 saturated heterocycles. The number of aromatic nitrogens is 1. The minimum atomic E-state index is -0.197. The second-order valence-electron chi connectivity index (χ2n) is 9.06. The van der Waals surface area contributed by atoms with Crippen molar-refractivity contribution >= 4 is 40.0 Å². The highest BCUT2D eigenvalue weighted by molar-refractivity contribution is 6.30. The van der Waals surface area contributed by atoms with Gasteiger partial charge in [0.15, 0.2) is 0 Å². The quantitative estimate of drug-likeness (QED) is 0.546. The van der Waals surface area contributed by atoms with Gasteiger partial charge in [0.1, 0.15) is 12.2 Å². The molecule has 1 aliphatic heterocycles. The van der Waals surface area contributed by atoms with Gasteiger partial charge in [-0.05, 0) is 69.5 Å². The van der Waals surface area contributed by atoms with Gasteiger partial charge >= 0.3 is 0 Å². The fourth-order valence-corrected chi connectivity index (χ4v) is 4.69. The van der Waals surface area contributed by atoms with Gasteiger partial charge in [0.2, 0.25) is 5.91 Å². The Labute approximate surface area is 199 Å². The van der Waals surface area contributed by atoms with Crippen molar-refractivity contribution in [3.8, 4) is 0 Å². The number of nitrogens with one attached hydrogen (secondary N) is 2. The third-order valence-electron chi connectivity index (χ3n) is 6.38. The Bertz CT molecular complexity index is 1150. The summed E-state index contributed by atoms with van der Waals surface area (Å²) in [5, 5.41) is 7.67. The maximum atomic E-state index is 13.3. The van der Waals surface area contributed by atoms with Crippen molar-refractivity contribution in [2.24, 2.45) is 0 Å². The summed E-state index contributed by atoms with van der Waals surface area (Å²) in [5.41, 5.74) is 3.11. The van der Waals surface area contributed by atoms with Gasteiger partial charge in [-0.1, -0.05) is 29.8 Å². The van der Waals surface area contributed by atoms with Crippen LogP contribution in [0.4, 0.5) is 5.69 Å². The van der Waals surface area contributed by atoms with Gasteiger partial charge in [-0.3, -0.25) is 9.59 Å².